The van der Waals surface area contributed by atoms with Crippen LogP contribution in [0.15, 0.2) is 30.6 Å². The number of pyridine rings is 1. The van der Waals surface area contributed by atoms with Crippen LogP contribution in [0.1, 0.15) is 16.7 Å². The Hall–Kier alpha value is -1.55. The first-order valence-electron chi connectivity index (χ1n) is 6.13. The second kappa shape index (κ2) is 5.87. The number of nitrogens with zero attached hydrogens (tertiary/aromatic N) is 2. The fraction of sp³-hybridized carbons (Fsp3) is 0.357. The summed E-state index contributed by atoms with van der Waals surface area (Å²) in [5, 5.41) is 3.45. The molecule has 0 aliphatic rings. The highest BCUT2D eigenvalue weighted by Crippen LogP contribution is 2.24. The molecule has 0 aliphatic heterocycles. The first-order valence-corrected chi connectivity index (χ1v) is 6.95. The average molecular weight is 261 g/mol. The summed E-state index contributed by atoms with van der Waals surface area (Å²) in [6.45, 7) is 3.05. The van der Waals surface area contributed by atoms with E-state index in [2.05, 4.69) is 34.3 Å². The van der Waals surface area contributed by atoms with Gasteiger partial charge in [-0.1, -0.05) is 6.92 Å². The Kier molecular flexibility index (Phi) is 4.20. The van der Waals surface area contributed by atoms with E-state index in [1.54, 1.807) is 0 Å². The molecule has 0 spiro atoms. The fourth-order valence-corrected chi connectivity index (χ4v) is 2.70. The Labute approximate surface area is 112 Å². The Morgan fingerprint density at radius 2 is 2.00 bits per heavy atom. The summed E-state index contributed by atoms with van der Waals surface area (Å²) in [4.78, 5) is 9.07. The summed E-state index contributed by atoms with van der Waals surface area (Å²) < 4.78 is 0. The summed E-state index contributed by atoms with van der Waals surface area (Å²) in [5.41, 5.74) is 2.24. The molecule has 1 N–H and O–H groups in total. The lowest BCUT2D eigenvalue weighted by atomic mass is 10.3. The van der Waals surface area contributed by atoms with Gasteiger partial charge in [0.05, 0.1) is 17.6 Å². The molecule has 96 valence electrons. The van der Waals surface area contributed by atoms with Gasteiger partial charge in [0.2, 0.25) is 0 Å². The van der Waals surface area contributed by atoms with Gasteiger partial charge in [0.1, 0.15) is 0 Å². The monoisotopic (exact) mass is 261 g/mol. The smallest absolute Gasteiger partial charge is 0.0767 e. The molecular formula is C14H19N3S. The summed E-state index contributed by atoms with van der Waals surface area (Å²) in [6, 6.07) is 6.42. The number of hydrogen-bond donors (Lipinski definition) is 1. The fourth-order valence-electron chi connectivity index (χ4n) is 1.80. The lowest BCUT2D eigenvalue weighted by Gasteiger charge is -2.17. The third-order valence-corrected chi connectivity index (χ3v) is 4.03. The number of rotatable bonds is 5. The average Bonchev–Trinajstić information content (AvgIpc) is 2.84. The van der Waals surface area contributed by atoms with Crippen LogP contribution in [0.5, 0.6) is 0 Å². The second-order valence-electron chi connectivity index (χ2n) is 4.36. The third-order valence-electron chi connectivity index (χ3n) is 2.80. The summed E-state index contributed by atoms with van der Waals surface area (Å²) in [6.07, 6.45) is 4.81. The minimum atomic E-state index is 0.858. The van der Waals surface area contributed by atoms with Crippen LogP contribution in [0, 0.1) is 0 Å². The van der Waals surface area contributed by atoms with Crippen molar-refractivity contribution in [2.45, 2.75) is 19.9 Å². The van der Waals surface area contributed by atoms with Crippen LogP contribution in [-0.4, -0.2) is 19.1 Å². The molecule has 2 aromatic heterocycles. The van der Waals surface area contributed by atoms with Crippen molar-refractivity contribution in [2.24, 2.45) is 0 Å². The highest BCUT2D eigenvalue weighted by Gasteiger charge is 2.04. The molecule has 2 heterocycles. The molecule has 0 atom stereocenters. The number of aromatic nitrogens is 1. The van der Waals surface area contributed by atoms with Gasteiger partial charge in [-0.05, 0) is 24.6 Å². The van der Waals surface area contributed by atoms with Crippen LogP contribution in [0.4, 0.5) is 11.4 Å². The molecule has 0 fully saturated rings. The number of thiophene rings is 1. The normalized spacial score (nSPS) is 10.4. The summed E-state index contributed by atoms with van der Waals surface area (Å²) >= 11 is 1.87. The van der Waals surface area contributed by atoms with Gasteiger partial charge in [-0.25, -0.2) is 0 Å². The molecule has 0 radical (unpaired) electrons. The molecular weight excluding hydrogens is 242 g/mol. The van der Waals surface area contributed by atoms with Crippen molar-refractivity contribution in [1.82, 2.24) is 4.98 Å². The zero-order valence-electron chi connectivity index (χ0n) is 11.1. The first-order chi connectivity index (χ1) is 8.70. The van der Waals surface area contributed by atoms with Gasteiger partial charge in [-0.3, -0.25) is 4.98 Å². The van der Waals surface area contributed by atoms with E-state index in [4.69, 9.17) is 0 Å². The van der Waals surface area contributed by atoms with Gasteiger partial charge < -0.3 is 10.2 Å². The SMILES string of the molecule is CCc1ccc(CNc2cnccc2N(C)C)s1. The van der Waals surface area contributed by atoms with E-state index >= 15 is 0 Å². The minimum Gasteiger partial charge on any atom is -0.377 e. The largest absolute Gasteiger partial charge is 0.377 e. The number of nitrogens with one attached hydrogen (secondary N) is 1. The lowest BCUT2D eigenvalue weighted by Crippen LogP contribution is -2.12. The number of aryl methyl sites for hydroxylation is 1. The molecule has 3 nitrogen and oxygen atoms in total. The van der Waals surface area contributed by atoms with Gasteiger partial charge in [0.25, 0.3) is 0 Å². The Morgan fingerprint density at radius 1 is 1.22 bits per heavy atom. The molecule has 18 heavy (non-hydrogen) atoms. The molecule has 4 heteroatoms. The van der Waals surface area contributed by atoms with Crippen LogP contribution in [-0.2, 0) is 13.0 Å². The summed E-state index contributed by atoms with van der Waals surface area (Å²) in [7, 11) is 4.09. The van der Waals surface area contributed by atoms with Crippen molar-refractivity contribution in [3.05, 3.63) is 40.3 Å². The van der Waals surface area contributed by atoms with Crippen LogP contribution >= 0.6 is 11.3 Å². The predicted octanol–water partition coefficient (Wildman–Crippen LogP) is 3.38. The molecule has 0 saturated carbocycles. The zero-order chi connectivity index (χ0) is 13.0. The molecule has 0 aromatic carbocycles. The second-order valence-corrected chi connectivity index (χ2v) is 5.62. The van der Waals surface area contributed by atoms with Gasteiger partial charge in [-0.2, -0.15) is 0 Å². The maximum absolute atomic E-state index is 4.18. The van der Waals surface area contributed by atoms with Crippen LogP contribution in [0.25, 0.3) is 0 Å². The molecule has 0 amide bonds. The lowest BCUT2D eigenvalue weighted by molar-refractivity contribution is 1.10. The Balaban J connectivity index is 2.05. The molecule has 0 aliphatic carbocycles. The van der Waals surface area contributed by atoms with Gasteiger partial charge >= 0.3 is 0 Å². The standard InChI is InChI=1S/C14H19N3S/c1-4-11-5-6-12(18-11)9-16-13-10-15-8-7-14(13)17(2)3/h5-8,10,16H,4,9H2,1-3H3. The van der Waals surface area contributed by atoms with Crippen LogP contribution < -0.4 is 10.2 Å². The van der Waals surface area contributed by atoms with E-state index < -0.39 is 0 Å². The number of hydrogen-bond acceptors (Lipinski definition) is 4. The van der Waals surface area contributed by atoms with E-state index in [0.29, 0.717) is 0 Å². The maximum Gasteiger partial charge on any atom is 0.0767 e. The van der Waals surface area contributed by atoms with Gasteiger partial charge in [0, 0.05) is 36.6 Å². The van der Waals surface area contributed by atoms with Crippen molar-refractivity contribution in [2.75, 3.05) is 24.3 Å². The molecule has 0 unspecified atom stereocenters. The first kappa shape index (κ1) is 12.9. The van der Waals surface area contributed by atoms with Crippen LogP contribution in [0.3, 0.4) is 0 Å². The van der Waals surface area contributed by atoms with E-state index in [9.17, 15) is 0 Å². The van der Waals surface area contributed by atoms with Crippen molar-refractivity contribution in [3.63, 3.8) is 0 Å². The molecule has 0 bridgehead atoms. The van der Waals surface area contributed by atoms with Crippen molar-refractivity contribution in [3.8, 4) is 0 Å². The molecule has 2 aromatic rings. The Morgan fingerprint density at radius 3 is 2.67 bits per heavy atom. The van der Waals surface area contributed by atoms with Crippen molar-refractivity contribution >= 4 is 22.7 Å². The predicted molar refractivity (Wildman–Crippen MR) is 79.6 cm³/mol. The minimum absolute atomic E-state index is 0.858. The van der Waals surface area contributed by atoms with Gasteiger partial charge in [0.15, 0.2) is 0 Å². The maximum atomic E-state index is 4.18. The van der Waals surface area contributed by atoms with E-state index in [0.717, 1.165) is 24.3 Å². The van der Waals surface area contributed by atoms with Crippen LogP contribution in [0.2, 0.25) is 0 Å². The van der Waals surface area contributed by atoms with E-state index in [1.165, 1.54) is 9.75 Å². The number of anilines is 2. The van der Waals surface area contributed by atoms with Gasteiger partial charge in [-0.15, -0.1) is 11.3 Å². The zero-order valence-corrected chi connectivity index (χ0v) is 11.9. The van der Waals surface area contributed by atoms with Crippen molar-refractivity contribution in [1.29, 1.82) is 0 Å². The van der Waals surface area contributed by atoms with Crippen molar-refractivity contribution < 1.29 is 0 Å². The third kappa shape index (κ3) is 3.01. The van der Waals surface area contributed by atoms with E-state index in [-0.39, 0.29) is 0 Å². The quantitative estimate of drug-likeness (QED) is 0.894. The highest BCUT2D eigenvalue weighted by atomic mass is 32.1. The Bertz CT molecular complexity index is 505. The summed E-state index contributed by atoms with van der Waals surface area (Å²) in [5.74, 6) is 0. The topological polar surface area (TPSA) is 28.2 Å². The molecule has 0 saturated heterocycles. The molecule has 2 rings (SSSR count). The highest BCUT2D eigenvalue weighted by molar-refractivity contribution is 7.12. The van der Waals surface area contributed by atoms with E-state index in [1.807, 2.05) is 43.9 Å².